The Morgan fingerprint density at radius 2 is 2.00 bits per heavy atom. The molecule has 0 bridgehead atoms. The molecule has 1 aromatic heterocycles. The number of hydrazone groups is 1. The number of hydrogen-bond donors (Lipinski definition) is 1. The smallest absolute Gasteiger partial charge is 0.101 e. The Balaban J connectivity index is 1.93. The Hall–Kier alpha value is -2.67. The van der Waals surface area contributed by atoms with E-state index in [0.29, 0.717) is 5.56 Å². The molecule has 1 N–H and O–H groups in total. The van der Waals surface area contributed by atoms with Crippen molar-refractivity contribution in [3.8, 4) is 6.07 Å². The quantitative estimate of drug-likeness (QED) is 0.884. The summed E-state index contributed by atoms with van der Waals surface area (Å²) in [6, 6.07) is 15.9. The standard InChI is InChI=1S/C15H12N4/c16-8-11-6-7-14(17-9-11)15-13(10-18-19-15)12-4-2-1-3-5-12/h1-7,9,13,18H,10H2. The zero-order chi connectivity index (χ0) is 13.1. The number of hydrogen-bond acceptors (Lipinski definition) is 4. The average Bonchev–Trinajstić information content (AvgIpc) is 2.98. The summed E-state index contributed by atoms with van der Waals surface area (Å²) in [7, 11) is 0. The molecule has 0 amide bonds. The van der Waals surface area contributed by atoms with Crippen LogP contribution in [0.2, 0.25) is 0 Å². The molecule has 4 heteroatoms. The highest BCUT2D eigenvalue weighted by molar-refractivity contribution is 6.04. The maximum absolute atomic E-state index is 8.79. The van der Waals surface area contributed by atoms with Crippen LogP contribution in [0.15, 0.2) is 53.8 Å². The minimum Gasteiger partial charge on any atom is -0.309 e. The number of benzene rings is 1. The fourth-order valence-electron chi connectivity index (χ4n) is 2.21. The van der Waals surface area contributed by atoms with Gasteiger partial charge in [-0.3, -0.25) is 4.98 Å². The topological polar surface area (TPSA) is 61.1 Å². The first-order valence-electron chi connectivity index (χ1n) is 6.10. The first-order chi connectivity index (χ1) is 9.38. The molecule has 1 atom stereocenters. The summed E-state index contributed by atoms with van der Waals surface area (Å²) in [5.41, 5.74) is 6.56. The van der Waals surface area contributed by atoms with Crippen molar-refractivity contribution >= 4 is 5.71 Å². The third-order valence-electron chi connectivity index (χ3n) is 3.18. The highest BCUT2D eigenvalue weighted by atomic mass is 15.3. The molecule has 4 nitrogen and oxygen atoms in total. The minimum absolute atomic E-state index is 0.210. The Kier molecular flexibility index (Phi) is 2.95. The van der Waals surface area contributed by atoms with E-state index >= 15 is 0 Å². The summed E-state index contributed by atoms with van der Waals surface area (Å²) < 4.78 is 0. The van der Waals surface area contributed by atoms with Gasteiger partial charge in [-0.15, -0.1) is 0 Å². The molecule has 0 saturated heterocycles. The first kappa shape index (κ1) is 11.4. The Morgan fingerprint density at radius 3 is 2.68 bits per heavy atom. The van der Waals surface area contributed by atoms with Crippen LogP contribution < -0.4 is 5.43 Å². The monoisotopic (exact) mass is 248 g/mol. The van der Waals surface area contributed by atoms with E-state index in [1.807, 2.05) is 24.3 Å². The lowest BCUT2D eigenvalue weighted by atomic mass is 9.93. The van der Waals surface area contributed by atoms with Gasteiger partial charge in [0.05, 0.1) is 17.0 Å². The lowest BCUT2D eigenvalue weighted by molar-refractivity contribution is 0.763. The Morgan fingerprint density at radius 1 is 1.16 bits per heavy atom. The van der Waals surface area contributed by atoms with Gasteiger partial charge in [0.2, 0.25) is 0 Å². The molecule has 92 valence electrons. The van der Waals surface area contributed by atoms with Crippen LogP contribution in [0.4, 0.5) is 0 Å². The van der Waals surface area contributed by atoms with E-state index in [4.69, 9.17) is 5.26 Å². The van der Waals surface area contributed by atoms with E-state index in [1.165, 1.54) is 5.56 Å². The van der Waals surface area contributed by atoms with Crippen LogP contribution in [0.1, 0.15) is 22.7 Å². The summed E-state index contributed by atoms with van der Waals surface area (Å²) in [6.45, 7) is 0.779. The highest BCUT2D eigenvalue weighted by Crippen LogP contribution is 2.23. The molecule has 1 aliphatic rings. The highest BCUT2D eigenvalue weighted by Gasteiger charge is 2.25. The molecule has 2 heterocycles. The van der Waals surface area contributed by atoms with Crippen molar-refractivity contribution < 1.29 is 0 Å². The van der Waals surface area contributed by atoms with Crippen LogP contribution >= 0.6 is 0 Å². The third kappa shape index (κ3) is 2.18. The molecule has 1 unspecified atom stereocenters. The van der Waals surface area contributed by atoms with Crippen LogP contribution in [0.3, 0.4) is 0 Å². The van der Waals surface area contributed by atoms with Crippen molar-refractivity contribution in [3.63, 3.8) is 0 Å². The fourth-order valence-corrected chi connectivity index (χ4v) is 2.21. The molecule has 0 fully saturated rings. The van der Waals surface area contributed by atoms with E-state index in [9.17, 15) is 0 Å². The van der Waals surface area contributed by atoms with Crippen molar-refractivity contribution in [2.45, 2.75) is 5.92 Å². The van der Waals surface area contributed by atoms with Gasteiger partial charge in [0.15, 0.2) is 0 Å². The van der Waals surface area contributed by atoms with Crippen molar-refractivity contribution in [2.24, 2.45) is 5.10 Å². The molecule has 0 aliphatic carbocycles. The molecule has 19 heavy (non-hydrogen) atoms. The number of nitrogens with one attached hydrogen (secondary N) is 1. The Bertz CT molecular complexity index is 638. The SMILES string of the molecule is N#Cc1ccc(C2=NNCC2c2ccccc2)nc1. The molecule has 3 rings (SSSR count). The Labute approximate surface area is 111 Å². The van der Waals surface area contributed by atoms with Crippen molar-refractivity contribution in [2.75, 3.05) is 6.54 Å². The van der Waals surface area contributed by atoms with Gasteiger partial charge in [-0.2, -0.15) is 10.4 Å². The van der Waals surface area contributed by atoms with E-state index in [-0.39, 0.29) is 5.92 Å². The second-order valence-electron chi connectivity index (χ2n) is 4.37. The van der Waals surface area contributed by atoms with Crippen LogP contribution in [-0.4, -0.2) is 17.2 Å². The maximum atomic E-state index is 8.79. The van der Waals surface area contributed by atoms with Crippen molar-refractivity contribution in [1.29, 1.82) is 5.26 Å². The molecule has 0 saturated carbocycles. The van der Waals surface area contributed by atoms with Crippen LogP contribution in [0, 0.1) is 11.3 Å². The van der Waals surface area contributed by atoms with Gasteiger partial charge in [-0.1, -0.05) is 30.3 Å². The molecule has 0 spiro atoms. The lowest BCUT2D eigenvalue weighted by Gasteiger charge is -2.11. The maximum Gasteiger partial charge on any atom is 0.101 e. The number of rotatable bonds is 2. The van der Waals surface area contributed by atoms with E-state index < -0.39 is 0 Å². The molecule has 2 aromatic rings. The average molecular weight is 248 g/mol. The predicted octanol–water partition coefficient (Wildman–Crippen LogP) is 2.04. The summed E-state index contributed by atoms with van der Waals surface area (Å²) >= 11 is 0. The van der Waals surface area contributed by atoms with Gasteiger partial charge in [-0.25, -0.2) is 0 Å². The zero-order valence-electron chi connectivity index (χ0n) is 10.2. The minimum atomic E-state index is 0.210. The van der Waals surface area contributed by atoms with Gasteiger partial charge >= 0.3 is 0 Å². The molecular weight excluding hydrogens is 236 g/mol. The summed E-state index contributed by atoms with van der Waals surface area (Å²) in [6.07, 6.45) is 1.58. The van der Waals surface area contributed by atoms with Crippen LogP contribution in [0.5, 0.6) is 0 Å². The summed E-state index contributed by atoms with van der Waals surface area (Å²) in [5, 5.41) is 13.1. The second kappa shape index (κ2) is 4.91. The molecule has 1 aromatic carbocycles. The van der Waals surface area contributed by atoms with Crippen LogP contribution in [-0.2, 0) is 0 Å². The largest absolute Gasteiger partial charge is 0.309 e. The van der Waals surface area contributed by atoms with Crippen molar-refractivity contribution in [1.82, 2.24) is 10.4 Å². The predicted molar refractivity (Wildman–Crippen MR) is 72.7 cm³/mol. The van der Waals surface area contributed by atoms with Gasteiger partial charge in [-0.05, 0) is 17.7 Å². The van der Waals surface area contributed by atoms with E-state index in [2.05, 4.69) is 33.7 Å². The van der Waals surface area contributed by atoms with Crippen molar-refractivity contribution in [3.05, 3.63) is 65.5 Å². The summed E-state index contributed by atoms with van der Waals surface area (Å²) in [5.74, 6) is 0.210. The number of pyridine rings is 1. The van der Waals surface area contributed by atoms with Crippen LogP contribution in [0.25, 0.3) is 0 Å². The summed E-state index contributed by atoms with van der Waals surface area (Å²) in [4.78, 5) is 4.31. The fraction of sp³-hybridized carbons (Fsp3) is 0.133. The van der Waals surface area contributed by atoms with Gasteiger partial charge < -0.3 is 5.43 Å². The number of nitrogens with zero attached hydrogens (tertiary/aromatic N) is 3. The molecule has 0 radical (unpaired) electrons. The van der Waals surface area contributed by atoms with Gasteiger partial charge in [0, 0.05) is 18.7 Å². The zero-order valence-corrected chi connectivity index (χ0v) is 10.2. The molecular formula is C15H12N4. The lowest BCUT2D eigenvalue weighted by Crippen LogP contribution is -2.15. The van der Waals surface area contributed by atoms with Gasteiger partial charge in [0.1, 0.15) is 6.07 Å². The number of aromatic nitrogens is 1. The van der Waals surface area contributed by atoms with E-state index in [0.717, 1.165) is 18.0 Å². The second-order valence-corrected chi connectivity index (χ2v) is 4.37. The normalized spacial score (nSPS) is 17.4. The first-order valence-corrected chi connectivity index (χ1v) is 6.10. The number of nitriles is 1. The molecule has 1 aliphatic heterocycles. The third-order valence-corrected chi connectivity index (χ3v) is 3.18. The van der Waals surface area contributed by atoms with E-state index in [1.54, 1.807) is 12.3 Å². The van der Waals surface area contributed by atoms with Gasteiger partial charge in [0.25, 0.3) is 0 Å².